The van der Waals surface area contributed by atoms with E-state index in [2.05, 4.69) is 55.4 Å². The molecule has 0 aromatic heterocycles. The van der Waals surface area contributed by atoms with Crippen molar-refractivity contribution in [2.75, 3.05) is 25.0 Å². The fraction of sp³-hybridized carbons (Fsp3) is 1.00. The van der Waals surface area contributed by atoms with Crippen molar-refractivity contribution in [2.45, 2.75) is 59.1 Å². The minimum Gasteiger partial charge on any atom is -0.375 e. The van der Waals surface area contributed by atoms with Gasteiger partial charge in [-0.15, -0.1) is 0 Å². The van der Waals surface area contributed by atoms with Crippen molar-refractivity contribution >= 4 is 15.9 Å². The maximum atomic E-state index is 5.79. The molecule has 0 spiro atoms. The van der Waals surface area contributed by atoms with Crippen molar-refractivity contribution in [3.63, 3.8) is 0 Å². The number of ether oxygens (including phenoxy) is 1. The Labute approximate surface area is 110 Å². The molecule has 0 aliphatic rings. The van der Waals surface area contributed by atoms with Gasteiger partial charge in [-0.1, -0.05) is 29.8 Å². The van der Waals surface area contributed by atoms with Crippen LogP contribution in [0.3, 0.4) is 0 Å². The van der Waals surface area contributed by atoms with E-state index in [4.69, 9.17) is 4.74 Å². The Morgan fingerprint density at radius 1 is 1.12 bits per heavy atom. The molecule has 0 heterocycles. The molecule has 0 radical (unpaired) electrons. The maximum absolute atomic E-state index is 5.79. The molecule has 3 heteroatoms. The number of hydrogen-bond donors (Lipinski definition) is 0. The standard InChI is InChI=1S/C13H28BrNO/c1-6-12(7-2)15(9-8-14)10-11-16-13(3,4)5/h12H,6-11H2,1-5H3. The highest BCUT2D eigenvalue weighted by molar-refractivity contribution is 9.09. The number of hydrogen-bond acceptors (Lipinski definition) is 2. The molecule has 0 rings (SSSR count). The number of rotatable bonds is 8. The average molecular weight is 294 g/mol. The zero-order valence-corrected chi connectivity index (χ0v) is 13.1. The van der Waals surface area contributed by atoms with Crippen molar-refractivity contribution in [1.82, 2.24) is 4.90 Å². The summed E-state index contributed by atoms with van der Waals surface area (Å²) in [5.74, 6) is 0. The molecule has 98 valence electrons. The fourth-order valence-corrected chi connectivity index (χ4v) is 2.32. The summed E-state index contributed by atoms with van der Waals surface area (Å²) in [6.07, 6.45) is 2.44. The summed E-state index contributed by atoms with van der Waals surface area (Å²) in [7, 11) is 0. The largest absolute Gasteiger partial charge is 0.375 e. The van der Waals surface area contributed by atoms with E-state index in [9.17, 15) is 0 Å². The van der Waals surface area contributed by atoms with Gasteiger partial charge >= 0.3 is 0 Å². The first kappa shape index (κ1) is 16.4. The second-order valence-corrected chi connectivity index (χ2v) is 5.95. The summed E-state index contributed by atoms with van der Waals surface area (Å²) < 4.78 is 5.79. The molecule has 0 aliphatic carbocycles. The minimum absolute atomic E-state index is 0.0198. The molecule has 16 heavy (non-hydrogen) atoms. The third kappa shape index (κ3) is 7.64. The van der Waals surface area contributed by atoms with Crippen molar-refractivity contribution < 1.29 is 4.74 Å². The molecule has 2 nitrogen and oxygen atoms in total. The van der Waals surface area contributed by atoms with Crippen LogP contribution in [0.1, 0.15) is 47.5 Å². The van der Waals surface area contributed by atoms with Crippen LogP contribution in [0.15, 0.2) is 0 Å². The molecule has 0 saturated carbocycles. The van der Waals surface area contributed by atoms with Crippen LogP contribution in [-0.4, -0.2) is 41.6 Å². The van der Waals surface area contributed by atoms with E-state index in [0.717, 1.165) is 25.0 Å². The predicted octanol–water partition coefficient (Wildman–Crippen LogP) is 3.69. The summed E-state index contributed by atoms with van der Waals surface area (Å²) >= 11 is 3.53. The highest BCUT2D eigenvalue weighted by Crippen LogP contribution is 2.11. The summed E-state index contributed by atoms with van der Waals surface area (Å²) in [4.78, 5) is 2.53. The monoisotopic (exact) mass is 293 g/mol. The molecule has 0 atom stereocenters. The normalized spacial score (nSPS) is 12.8. The summed E-state index contributed by atoms with van der Waals surface area (Å²) in [5.41, 5.74) is -0.0198. The van der Waals surface area contributed by atoms with Crippen LogP contribution >= 0.6 is 15.9 Å². The van der Waals surface area contributed by atoms with Gasteiger partial charge in [0.25, 0.3) is 0 Å². The molecule has 0 fully saturated rings. The first-order chi connectivity index (χ1) is 7.44. The smallest absolute Gasteiger partial charge is 0.0600 e. The Morgan fingerprint density at radius 2 is 1.69 bits per heavy atom. The van der Waals surface area contributed by atoms with Crippen molar-refractivity contribution in [2.24, 2.45) is 0 Å². The van der Waals surface area contributed by atoms with E-state index < -0.39 is 0 Å². The van der Waals surface area contributed by atoms with Gasteiger partial charge in [0.05, 0.1) is 12.2 Å². The van der Waals surface area contributed by atoms with Crippen LogP contribution < -0.4 is 0 Å². The van der Waals surface area contributed by atoms with Gasteiger partial charge in [0.2, 0.25) is 0 Å². The third-order valence-electron chi connectivity index (χ3n) is 2.74. The number of nitrogens with zero attached hydrogens (tertiary/aromatic N) is 1. The Morgan fingerprint density at radius 3 is 2.06 bits per heavy atom. The highest BCUT2D eigenvalue weighted by Gasteiger charge is 2.16. The molecule has 0 unspecified atom stereocenters. The van der Waals surface area contributed by atoms with E-state index in [1.807, 2.05) is 0 Å². The molecule has 0 bridgehead atoms. The predicted molar refractivity (Wildman–Crippen MR) is 75.4 cm³/mol. The Balaban J connectivity index is 4.02. The van der Waals surface area contributed by atoms with E-state index >= 15 is 0 Å². The van der Waals surface area contributed by atoms with Crippen molar-refractivity contribution in [3.05, 3.63) is 0 Å². The van der Waals surface area contributed by atoms with E-state index in [1.165, 1.54) is 12.8 Å². The first-order valence-electron chi connectivity index (χ1n) is 6.38. The quantitative estimate of drug-likeness (QED) is 0.633. The van der Waals surface area contributed by atoms with E-state index in [1.54, 1.807) is 0 Å². The van der Waals surface area contributed by atoms with Gasteiger partial charge in [-0.05, 0) is 33.6 Å². The SMILES string of the molecule is CCC(CC)N(CCBr)CCOC(C)(C)C. The summed E-state index contributed by atoms with van der Waals surface area (Å²) in [6.45, 7) is 13.8. The van der Waals surface area contributed by atoms with Gasteiger partial charge in [0, 0.05) is 24.5 Å². The van der Waals surface area contributed by atoms with E-state index in [-0.39, 0.29) is 5.60 Å². The fourth-order valence-electron chi connectivity index (χ4n) is 1.86. The lowest BCUT2D eigenvalue weighted by Gasteiger charge is -2.31. The molecular weight excluding hydrogens is 266 g/mol. The average Bonchev–Trinajstić information content (AvgIpc) is 2.17. The second-order valence-electron chi connectivity index (χ2n) is 5.16. The lowest BCUT2D eigenvalue weighted by atomic mass is 10.1. The Bertz CT molecular complexity index is 164. The molecule has 0 aromatic carbocycles. The summed E-state index contributed by atoms with van der Waals surface area (Å²) in [6, 6.07) is 0.695. The van der Waals surface area contributed by atoms with Crippen LogP contribution in [0.2, 0.25) is 0 Å². The first-order valence-corrected chi connectivity index (χ1v) is 7.50. The maximum Gasteiger partial charge on any atom is 0.0600 e. The molecule has 0 amide bonds. The van der Waals surface area contributed by atoms with Crippen LogP contribution in [0.5, 0.6) is 0 Å². The van der Waals surface area contributed by atoms with Gasteiger partial charge in [0.15, 0.2) is 0 Å². The topological polar surface area (TPSA) is 12.5 Å². The Hall–Kier alpha value is 0.400. The molecular formula is C13H28BrNO. The molecule has 0 aliphatic heterocycles. The summed E-state index contributed by atoms with van der Waals surface area (Å²) in [5, 5.41) is 1.04. The van der Waals surface area contributed by atoms with Gasteiger partial charge in [-0.3, -0.25) is 4.90 Å². The van der Waals surface area contributed by atoms with Crippen LogP contribution in [0, 0.1) is 0 Å². The van der Waals surface area contributed by atoms with Gasteiger partial charge in [-0.2, -0.15) is 0 Å². The molecule has 0 saturated heterocycles. The van der Waals surface area contributed by atoms with Crippen molar-refractivity contribution in [1.29, 1.82) is 0 Å². The minimum atomic E-state index is -0.0198. The van der Waals surface area contributed by atoms with Gasteiger partial charge < -0.3 is 4.74 Å². The van der Waals surface area contributed by atoms with E-state index in [0.29, 0.717) is 6.04 Å². The van der Waals surface area contributed by atoms with Gasteiger partial charge in [0.1, 0.15) is 0 Å². The number of alkyl halides is 1. The zero-order valence-electron chi connectivity index (χ0n) is 11.6. The third-order valence-corrected chi connectivity index (χ3v) is 3.10. The Kier molecular flexibility index (Phi) is 8.70. The van der Waals surface area contributed by atoms with Gasteiger partial charge in [-0.25, -0.2) is 0 Å². The zero-order chi connectivity index (χ0) is 12.6. The lowest BCUT2D eigenvalue weighted by molar-refractivity contribution is -0.0173. The molecule has 0 N–H and O–H groups in total. The molecule has 0 aromatic rings. The number of halogens is 1. The van der Waals surface area contributed by atoms with Crippen molar-refractivity contribution in [3.8, 4) is 0 Å². The van der Waals surface area contributed by atoms with Crippen LogP contribution in [0.25, 0.3) is 0 Å². The lowest BCUT2D eigenvalue weighted by Crippen LogP contribution is -2.39. The van der Waals surface area contributed by atoms with Crippen LogP contribution in [0.4, 0.5) is 0 Å². The highest BCUT2D eigenvalue weighted by atomic mass is 79.9. The van der Waals surface area contributed by atoms with Crippen LogP contribution in [-0.2, 0) is 4.74 Å². The second kappa shape index (κ2) is 8.48.